The zero-order valence-electron chi connectivity index (χ0n) is 34.9. The van der Waals surface area contributed by atoms with Gasteiger partial charge in [0.05, 0.1) is 29.8 Å². The van der Waals surface area contributed by atoms with Crippen LogP contribution < -0.4 is 0 Å². The summed E-state index contributed by atoms with van der Waals surface area (Å²) in [7, 11) is 0. The van der Waals surface area contributed by atoms with E-state index in [1.165, 1.54) is 19.9 Å². The lowest BCUT2D eigenvalue weighted by Gasteiger charge is -2.63. The second-order valence-corrected chi connectivity index (χ2v) is 19.9. The number of carbonyl (C=O) groups excluding carboxylic acids is 3. The van der Waals surface area contributed by atoms with Crippen LogP contribution in [-0.2, 0) is 33.3 Å². The lowest BCUT2D eigenvalue weighted by atomic mass is 9.39. The van der Waals surface area contributed by atoms with Crippen LogP contribution in [-0.4, -0.2) is 149 Å². The Kier molecular flexibility index (Phi) is 11.7. The average Bonchev–Trinajstić information content (AvgIpc) is 3.34. The first-order valence-corrected chi connectivity index (χ1v) is 20.4. The van der Waals surface area contributed by atoms with Gasteiger partial charge in [-0.3, -0.25) is 14.4 Å². The smallest absolute Gasteiger partial charge is 0.229 e. The molecule has 4 aliphatic carbocycles. The fourth-order valence-electron chi connectivity index (χ4n) is 11.6. The molecule has 18 atom stereocenters. The molecular formula is C42H64O16. The molecule has 0 unspecified atom stereocenters. The van der Waals surface area contributed by atoms with E-state index in [2.05, 4.69) is 0 Å². The summed E-state index contributed by atoms with van der Waals surface area (Å²) < 4.78 is 23.6. The molecule has 16 heteroatoms. The molecule has 4 fully saturated rings. The molecule has 2 saturated heterocycles. The van der Waals surface area contributed by atoms with E-state index in [4.69, 9.17) is 18.9 Å². The summed E-state index contributed by atoms with van der Waals surface area (Å²) in [4.78, 5) is 42.9. The van der Waals surface area contributed by atoms with Gasteiger partial charge in [-0.05, 0) is 83.6 Å². The maximum absolute atomic E-state index is 15.0. The molecule has 0 aromatic carbocycles. The highest BCUT2D eigenvalue weighted by molar-refractivity contribution is 6.02. The normalized spacial score (nSPS) is 47.6. The Morgan fingerprint density at radius 1 is 0.879 bits per heavy atom. The third-order valence-electron chi connectivity index (χ3n) is 15.3. The van der Waals surface area contributed by atoms with Gasteiger partial charge in [-0.15, -0.1) is 0 Å². The number of aliphatic hydroxyl groups is 9. The standard InChI is InChI=1S/C42H64O16/c1-18-27(47)29(49)31(51)35(55-18)58-32-30(50)28(48)23(17-43)57-36(32)56-22-14-20-19(38(4,5)34(22)52)10-11-24-39(6)15-21(44)33(40(39,7)16-26(46)41(20,24)8)42(9,54)25(45)12-13-37(2,3)53/h10,14,18,20-21,23-24,27-33,35-36,43-44,47-51,53-54H,11-13,15-17H2,1-9H3/t18-,20-,21-,23-,24+,27-,28-,29-,30-,31-,32-,33+,35+,36-,39+,40-,41+,42+/m1/s1. The predicted molar refractivity (Wildman–Crippen MR) is 202 cm³/mol. The first-order chi connectivity index (χ1) is 26.6. The Labute approximate surface area is 338 Å². The molecule has 0 aromatic heterocycles. The van der Waals surface area contributed by atoms with Gasteiger partial charge in [0.1, 0.15) is 48.0 Å². The number of ketones is 3. The molecule has 0 amide bonds. The van der Waals surface area contributed by atoms with Crippen molar-refractivity contribution in [3.63, 3.8) is 0 Å². The lowest BCUT2D eigenvalue weighted by molar-refractivity contribution is -0.360. The second kappa shape index (κ2) is 15.0. The minimum Gasteiger partial charge on any atom is -0.459 e. The third kappa shape index (κ3) is 6.87. The van der Waals surface area contributed by atoms with Crippen LogP contribution in [0.25, 0.3) is 0 Å². The highest BCUT2D eigenvalue weighted by Crippen LogP contribution is 2.74. The number of aliphatic hydroxyl groups excluding tert-OH is 7. The van der Waals surface area contributed by atoms with E-state index in [0.717, 1.165) is 0 Å². The van der Waals surface area contributed by atoms with Crippen LogP contribution in [0.15, 0.2) is 23.5 Å². The van der Waals surface area contributed by atoms with Gasteiger partial charge in [-0.25, -0.2) is 0 Å². The van der Waals surface area contributed by atoms with Crippen molar-refractivity contribution < 1.29 is 79.3 Å². The van der Waals surface area contributed by atoms with Crippen molar-refractivity contribution in [2.45, 2.75) is 173 Å². The maximum Gasteiger partial charge on any atom is 0.229 e. The van der Waals surface area contributed by atoms with Crippen molar-refractivity contribution in [3.05, 3.63) is 23.5 Å². The topological polar surface area (TPSA) is 270 Å². The summed E-state index contributed by atoms with van der Waals surface area (Å²) in [6.45, 7) is 14.3. The Hall–Kier alpha value is -2.19. The van der Waals surface area contributed by atoms with E-state index >= 15 is 0 Å². The van der Waals surface area contributed by atoms with E-state index in [1.807, 2.05) is 26.8 Å². The second-order valence-electron chi connectivity index (χ2n) is 19.9. The summed E-state index contributed by atoms with van der Waals surface area (Å²) >= 11 is 0. The molecule has 16 nitrogen and oxygen atoms in total. The maximum atomic E-state index is 15.0. The molecule has 0 spiro atoms. The number of allylic oxidation sites excluding steroid dienone is 4. The van der Waals surface area contributed by atoms with Crippen LogP contribution in [0.2, 0.25) is 0 Å². The highest BCUT2D eigenvalue weighted by Gasteiger charge is 2.74. The SMILES string of the molecule is C[C@H]1O[C@@H](O[C@H]2[C@H](OC3=C[C@@H]4C(=CC[C@@H]5[C@@]4(C)C(=O)C[C@]4(C)[C@@H]([C@@](C)(O)C(=O)CCC(C)(C)O)[C@H](O)C[C@@]54C)C(C)(C)C3=O)O[C@H](CO)[C@@H](O)[C@H]2O)[C@H](O)[C@H](O)[C@@H]1O. The first-order valence-electron chi connectivity index (χ1n) is 20.4. The van der Waals surface area contributed by atoms with E-state index in [9.17, 15) is 60.3 Å². The van der Waals surface area contributed by atoms with E-state index in [-0.39, 0.29) is 37.2 Å². The van der Waals surface area contributed by atoms with E-state index in [0.29, 0.717) is 12.0 Å². The van der Waals surface area contributed by atoms with Gasteiger partial charge in [0.15, 0.2) is 23.9 Å². The molecule has 2 heterocycles. The fourth-order valence-corrected chi connectivity index (χ4v) is 11.6. The van der Waals surface area contributed by atoms with E-state index < -0.39 is 136 Å². The van der Waals surface area contributed by atoms with Gasteiger partial charge in [0.2, 0.25) is 12.1 Å². The molecule has 6 rings (SSSR count). The van der Waals surface area contributed by atoms with Crippen LogP contribution in [0.5, 0.6) is 0 Å². The van der Waals surface area contributed by atoms with Crippen LogP contribution in [0.4, 0.5) is 0 Å². The number of hydrogen-bond donors (Lipinski definition) is 9. The van der Waals surface area contributed by atoms with Crippen LogP contribution in [0.3, 0.4) is 0 Å². The van der Waals surface area contributed by atoms with Gasteiger partial charge in [0, 0.05) is 30.1 Å². The van der Waals surface area contributed by atoms with Crippen molar-refractivity contribution in [2.24, 2.45) is 39.4 Å². The molecule has 58 heavy (non-hydrogen) atoms. The van der Waals surface area contributed by atoms with Gasteiger partial charge >= 0.3 is 0 Å². The van der Waals surface area contributed by atoms with Crippen LogP contribution in [0, 0.1) is 39.4 Å². The van der Waals surface area contributed by atoms with Crippen LogP contribution in [0.1, 0.15) is 94.4 Å². The largest absolute Gasteiger partial charge is 0.459 e. The molecule has 2 aliphatic heterocycles. The van der Waals surface area contributed by atoms with Crippen molar-refractivity contribution >= 4 is 17.3 Å². The number of carbonyl (C=O) groups is 3. The molecule has 328 valence electrons. The molecule has 0 aromatic rings. The zero-order valence-corrected chi connectivity index (χ0v) is 34.9. The van der Waals surface area contributed by atoms with Crippen molar-refractivity contribution in [3.8, 4) is 0 Å². The van der Waals surface area contributed by atoms with Crippen LogP contribution >= 0.6 is 0 Å². The Bertz CT molecular complexity index is 1700. The number of rotatable bonds is 10. The fraction of sp³-hybridized carbons (Fsp3) is 0.833. The first kappa shape index (κ1) is 45.3. The number of hydrogen-bond acceptors (Lipinski definition) is 16. The monoisotopic (exact) mass is 824 g/mol. The number of fused-ring (bicyclic) bond motifs is 5. The Morgan fingerprint density at radius 2 is 1.52 bits per heavy atom. The number of Topliss-reactive ketones (excluding diaryl/α,β-unsaturated/α-hetero) is 3. The van der Waals surface area contributed by atoms with Crippen molar-refractivity contribution in [1.29, 1.82) is 0 Å². The summed E-state index contributed by atoms with van der Waals surface area (Å²) in [5.74, 6) is -3.67. The van der Waals surface area contributed by atoms with Gasteiger partial charge < -0.3 is 64.9 Å². The molecular weight excluding hydrogens is 760 g/mol. The Morgan fingerprint density at radius 3 is 2.12 bits per heavy atom. The van der Waals surface area contributed by atoms with Gasteiger partial charge in [-0.1, -0.05) is 32.4 Å². The lowest BCUT2D eigenvalue weighted by Crippen LogP contribution is -2.65. The molecule has 9 N–H and O–H groups in total. The molecule has 0 bridgehead atoms. The quantitative estimate of drug-likeness (QED) is 0.131. The van der Waals surface area contributed by atoms with Crippen molar-refractivity contribution in [2.75, 3.05) is 6.61 Å². The summed E-state index contributed by atoms with van der Waals surface area (Å²) in [5.41, 5.74) is -6.77. The van der Waals surface area contributed by atoms with Crippen molar-refractivity contribution in [1.82, 2.24) is 0 Å². The average molecular weight is 825 g/mol. The Balaban J connectivity index is 1.36. The highest BCUT2D eigenvalue weighted by atomic mass is 16.8. The summed E-state index contributed by atoms with van der Waals surface area (Å²) in [6.07, 6.45) is -13.2. The molecule has 0 radical (unpaired) electrons. The minimum atomic E-state index is -2.02. The number of ether oxygens (including phenoxy) is 4. The predicted octanol–water partition coefficient (Wildman–Crippen LogP) is -0.0463. The van der Waals surface area contributed by atoms with Gasteiger partial charge in [0.25, 0.3) is 0 Å². The third-order valence-corrected chi connectivity index (χ3v) is 15.3. The minimum absolute atomic E-state index is 0.0953. The summed E-state index contributed by atoms with van der Waals surface area (Å²) in [6, 6.07) is 0. The molecule has 2 saturated carbocycles. The zero-order chi connectivity index (χ0) is 43.5. The summed E-state index contributed by atoms with van der Waals surface area (Å²) in [5, 5.41) is 97.4. The van der Waals surface area contributed by atoms with E-state index in [1.54, 1.807) is 27.7 Å². The molecule has 6 aliphatic rings. The van der Waals surface area contributed by atoms with Gasteiger partial charge in [-0.2, -0.15) is 0 Å².